The van der Waals surface area contributed by atoms with E-state index in [0.717, 1.165) is 5.56 Å². The molecule has 0 saturated carbocycles. The minimum absolute atomic E-state index is 0.0448. The normalized spacial score (nSPS) is 12.1. The molecule has 0 amide bonds. The summed E-state index contributed by atoms with van der Waals surface area (Å²) in [6.07, 6.45) is 1.41. The number of hydrogen-bond acceptors (Lipinski definition) is 4. The molecule has 0 saturated heterocycles. The highest BCUT2D eigenvalue weighted by Gasteiger charge is 2.22. The van der Waals surface area contributed by atoms with Crippen molar-refractivity contribution in [2.75, 3.05) is 7.11 Å². The zero-order chi connectivity index (χ0) is 12.1. The highest BCUT2D eigenvalue weighted by molar-refractivity contribution is 5.73. The maximum atomic E-state index is 11.2. The van der Waals surface area contributed by atoms with Gasteiger partial charge in [-0.05, 0) is 18.6 Å². The Bertz CT molecular complexity index is 379. The summed E-state index contributed by atoms with van der Waals surface area (Å²) in [4.78, 5) is 21.9. The SMILES string of the molecule is COC(=O)CC(CC(=O)O)c1ccoc1C. The fourth-order valence-corrected chi connectivity index (χ4v) is 1.61. The number of aliphatic carboxylic acids is 1. The number of methoxy groups -OCH3 is 1. The molecule has 1 atom stereocenters. The Kier molecular flexibility index (Phi) is 4.10. The number of carboxylic acids is 1. The van der Waals surface area contributed by atoms with Gasteiger partial charge >= 0.3 is 11.9 Å². The van der Waals surface area contributed by atoms with Crippen LogP contribution >= 0.6 is 0 Å². The minimum Gasteiger partial charge on any atom is -0.481 e. The van der Waals surface area contributed by atoms with Crippen molar-refractivity contribution < 1.29 is 23.8 Å². The van der Waals surface area contributed by atoms with E-state index in [0.29, 0.717) is 5.76 Å². The predicted molar refractivity (Wildman–Crippen MR) is 55.1 cm³/mol. The molecule has 1 aromatic rings. The van der Waals surface area contributed by atoms with Crippen LogP contribution in [0.25, 0.3) is 0 Å². The fraction of sp³-hybridized carbons (Fsp3) is 0.455. The van der Waals surface area contributed by atoms with E-state index in [4.69, 9.17) is 9.52 Å². The van der Waals surface area contributed by atoms with E-state index in [1.807, 2.05) is 0 Å². The van der Waals surface area contributed by atoms with Crippen molar-refractivity contribution in [3.8, 4) is 0 Å². The molecule has 0 radical (unpaired) electrons. The maximum Gasteiger partial charge on any atom is 0.306 e. The Hall–Kier alpha value is -1.78. The molecule has 1 rings (SSSR count). The largest absolute Gasteiger partial charge is 0.481 e. The van der Waals surface area contributed by atoms with Crippen LogP contribution in [0.2, 0.25) is 0 Å². The molecule has 16 heavy (non-hydrogen) atoms. The van der Waals surface area contributed by atoms with E-state index in [9.17, 15) is 9.59 Å². The van der Waals surface area contributed by atoms with Crippen molar-refractivity contribution in [3.05, 3.63) is 23.7 Å². The van der Waals surface area contributed by atoms with E-state index in [1.54, 1.807) is 13.0 Å². The monoisotopic (exact) mass is 226 g/mol. The lowest BCUT2D eigenvalue weighted by Gasteiger charge is -2.12. The van der Waals surface area contributed by atoms with Gasteiger partial charge in [-0.2, -0.15) is 0 Å². The van der Waals surface area contributed by atoms with Crippen LogP contribution in [-0.4, -0.2) is 24.2 Å². The molecule has 0 aliphatic carbocycles. The number of furan rings is 1. The summed E-state index contributed by atoms with van der Waals surface area (Å²) in [6.45, 7) is 1.74. The third-order valence-electron chi connectivity index (χ3n) is 2.40. The first-order chi connectivity index (χ1) is 7.54. The number of carbonyl (C=O) groups excluding carboxylic acids is 1. The van der Waals surface area contributed by atoms with Crippen molar-refractivity contribution in [2.24, 2.45) is 0 Å². The van der Waals surface area contributed by atoms with Gasteiger partial charge in [-0.15, -0.1) is 0 Å². The third kappa shape index (κ3) is 3.12. The van der Waals surface area contributed by atoms with Crippen LogP contribution in [-0.2, 0) is 14.3 Å². The van der Waals surface area contributed by atoms with Crippen LogP contribution in [0.5, 0.6) is 0 Å². The van der Waals surface area contributed by atoms with Gasteiger partial charge in [-0.25, -0.2) is 0 Å². The average molecular weight is 226 g/mol. The molecule has 0 aromatic carbocycles. The molecule has 1 heterocycles. The number of rotatable bonds is 5. The van der Waals surface area contributed by atoms with Gasteiger partial charge in [0.25, 0.3) is 0 Å². The first-order valence-corrected chi connectivity index (χ1v) is 4.87. The van der Waals surface area contributed by atoms with Gasteiger partial charge in [0, 0.05) is 5.92 Å². The van der Waals surface area contributed by atoms with Crippen LogP contribution in [0.3, 0.4) is 0 Å². The van der Waals surface area contributed by atoms with Crippen molar-refractivity contribution in [3.63, 3.8) is 0 Å². The van der Waals surface area contributed by atoms with Crippen molar-refractivity contribution in [2.45, 2.75) is 25.7 Å². The smallest absolute Gasteiger partial charge is 0.306 e. The molecule has 1 unspecified atom stereocenters. The van der Waals surface area contributed by atoms with Gasteiger partial charge in [0.2, 0.25) is 0 Å². The molecule has 0 bridgehead atoms. The maximum absolute atomic E-state index is 11.2. The van der Waals surface area contributed by atoms with E-state index in [1.165, 1.54) is 13.4 Å². The van der Waals surface area contributed by atoms with E-state index >= 15 is 0 Å². The summed E-state index contributed by atoms with van der Waals surface area (Å²) in [6, 6.07) is 1.69. The zero-order valence-electron chi connectivity index (χ0n) is 9.23. The number of aryl methyl sites for hydroxylation is 1. The number of hydrogen-bond donors (Lipinski definition) is 1. The Balaban J connectivity index is 2.83. The third-order valence-corrected chi connectivity index (χ3v) is 2.40. The summed E-state index contributed by atoms with van der Waals surface area (Å²) in [5.41, 5.74) is 0.743. The highest BCUT2D eigenvalue weighted by atomic mass is 16.5. The number of carbonyl (C=O) groups is 2. The quantitative estimate of drug-likeness (QED) is 0.773. The first kappa shape index (κ1) is 12.3. The molecule has 88 valence electrons. The second-order valence-corrected chi connectivity index (χ2v) is 3.51. The molecular formula is C11H14O5. The number of esters is 1. The van der Waals surface area contributed by atoms with E-state index in [2.05, 4.69) is 4.74 Å². The van der Waals surface area contributed by atoms with Gasteiger partial charge < -0.3 is 14.3 Å². The van der Waals surface area contributed by atoms with Gasteiger partial charge in [0.15, 0.2) is 0 Å². The molecule has 5 nitrogen and oxygen atoms in total. The topological polar surface area (TPSA) is 76.7 Å². The number of ether oxygens (including phenoxy) is 1. The first-order valence-electron chi connectivity index (χ1n) is 4.87. The van der Waals surface area contributed by atoms with Crippen LogP contribution in [0, 0.1) is 6.92 Å². The van der Waals surface area contributed by atoms with Gasteiger partial charge in [0.1, 0.15) is 5.76 Å². The Labute approximate surface area is 93.0 Å². The molecule has 0 fully saturated rings. The van der Waals surface area contributed by atoms with Gasteiger partial charge in [-0.1, -0.05) is 0 Å². The lowest BCUT2D eigenvalue weighted by atomic mass is 9.93. The summed E-state index contributed by atoms with van der Waals surface area (Å²) < 4.78 is 9.63. The summed E-state index contributed by atoms with van der Waals surface area (Å²) in [5, 5.41) is 8.78. The fourth-order valence-electron chi connectivity index (χ4n) is 1.61. The van der Waals surface area contributed by atoms with E-state index < -0.39 is 17.9 Å². The van der Waals surface area contributed by atoms with Crippen molar-refractivity contribution in [1.29, 1.82) is 0 Å². The van der Waals surface area contributed by atoms with Crippen LogP contribution in [0.1, 0.15) is 30.1 Å². The zero-order valence-corrected chi connectivity index (χ0v) is 9.23. The van der Waals surface area contributed by atoms with Gasteiger partial charge in [-0.3, -0.25) is 9.59 Å². The molecule has 1 aromatic heterocycles. The molecule has 0 spiro atoms. The summed E-state index contributed by atoms with van der Waals surface area (Å²) in [5.74, 6) is -1.14. The van der Waals surface area contributed by atoms with Crippen molar-refractivity contribution >= 4 is 11.9 Å². The molecule has 5 heteroatoms. The number of carboxylic acid groups (broad SMARTS) is 1. The van der Waals surface area contributed by atoms with E-state index in [-0.39, 0.29) is 12.8 Å². The van der Waals surface area contributed by atoms with Crippen LogP contribution < -0.4 is 0 Å². The Morgan fingerprint density at radius 1 is 1.50 bits per heavy atom. The van der Waals surface area contributed by atoms with Crippen LogP contribution in [0.15, 0.2) is 16.7 Å². The lowest BCUT2D eigenvalue weighted by molar-refractivity contribution is -0.141. The molecule has 0 aliphatic rings. The van der Waals surface area contributed by atoms with Crippen molar-refractivity contribution in [1.82, 2.24) is 0 Å². The second kappa shape index (κ2) is 5.34. The standard InChI is InChI=1S/C11H14O5/c1-7-9(3-4-16-7)8(5-10(12)13)6-11(14)15-2/h3-4,8H,5-6H2,1-2H3,(H,12,13). The average Bonchev–Trinajstić information content (AvgIpc) is 2.62. The van der Waals surface area contributed by atoms with Gasteiger partial charge in [0.05, 0.1) is 26.2 Å². The predicted octanol–water partition coefficient (Wildman–Crippen LogP) is 1.71. The highest BCUT2D eigenvalue weighted by Crippen LogP contribution is 2.27. The second-order valence-electron chi connectivity index (χ2n) is 3.51. The minimum atomic E-state index is -0.950. The summed E-state index contributed by atoms with van der Waals surface area (Å²) >= 11 is 0. The Morgan fingerprint density at radius 3 is 2.62 bits per heavy atom. The summed E-state index contributed by atoms with van der Waals surface area (Å²) in [7, 11) is 1.28. The molecular weight excluding hydrogens is 212 g/mol. The Morgan fingerprint density at radius 2 is 2.19 bits per heavy atom. The van der Waals surface area contributed by atoms with Crippen LogP contribution in [0.4, 0.5) is 0 Å². The lowest BCUT2D eigenvalue weighted by Crippen LogP contribution is -2.12. The molecule has 1 N–H and O–H groups in total. The molecule has 0 aliphatic heterocycles.